The van der Waals surface area contributed by atoms with Gasteiger partial charge in [0.1, 0.15) is 17.1 Å². The molecule has 1 aliphatic rings. The van der Waals surface area contributed by atoms with E-state index in [1.54, 1.807) is 0 Å². The Hall–Kier alpha value is -3.00. The zero-order valence-electron chi connectivity index (χ0n) is 18.7. The minimum absolute atomic E-state index is 0.000255. The molecule has 2 unspecified atom stereocenters. The largest absolute Gasteiger partial charge is 0.507 e. The summed E-state index contributed by atoms with van der Waals surface area (Å²) in [5, 5.41) is 10.5. The van der Waals surface area contributed by atoms with Gasteiger partial charge in [-0.3, -0.25) is 9.69 Å². The summed E-state index contributed by atoms with van der Waals surface area (Å²) >= 11 is 0. The van der Waals surface area contributed by atoms with Crippen LogP contribution in [0.4, 0.5) is 13.2 Å². The Bertz CT molecular complexity index is 1210. The van der Waals surface area contributed by atoms with Crippen molar-refractivity contribution in [1.82, 2.24) is 4.90 Å². The molecule has 33 heavy (non-hydrogen) atoms. The molecule has 1 N–H and O–H groups in total. The van der Waals surface area contributed by atoms with Crippen LogP contribution in [0.5, 0.6) is 11.5 Å². The fourth-order valence-electron chi connectivity index (χ4n) is 4.82. The summed E-state index contributed by atoms with van der Waals surface area (Å²) in [5.74, 6) is -0.274. The first kappa shape index (κ1) is 23.2. The number of hydrogen-bond acceptors (Lipinski definition) is 5. The molecule has 0 radical (unpaired) electrons. The summed E-state index contributed by atoms with van der Waals surface area (Å²) in [7, 11) is 1.44. The minimum Gasteiger partial charge on any atom is -0.507 e. The van der Waals surface area contributed by atoms with Gasteiger partial charge in [0.25, 0.3) is 0 Å². The molecule has 2 heterocycles. The number of phenols is 1. The second-order valence-electron chi connectivity index (χ2n) is 8.94. The number of ether oxygens (including phenoxy) is 1. The zero-order valence-corrected chi connectivity index (χ0v) is 18.7. The van der Waals surface area contributed by atoms with Crippen molar-refractivity contribution in [3.63, 3.8) is 0 Å². The van der Waals surface area contributed by atoms with Gasteiger partial charge in [-0.1, -0.05) is 26.0 Å². The molecule has 0 aliphatic carbocycles. The van der Waals surface area contributed by atoms with Crippen LogP contribution in [0.2, 0.25) is 0 Å². The topological polar surface area (TPSA) is 62.9 Å². The van der Waals surface area contributed by atoms with Crippen molar-refractivity contribution < 1.29 is 27.4 Å². The van der Waals surface area contributed by atoms with Crippen molar-refractivity contribution in [3.8, 4) is 22.6 Å². The lowest BCUT2D eigenvalue weighted by atomic mass is 9.91. The van der Waals surface area contributed by atoms with Crippen LogP contribution >= 0.6 is 0 Å². The van der Waals surface area contributed by atoms with E-state index in [-0.39, 0.29) is 34.4 Å². The highest BCUT2D eigenvalue weighted by Gasteiger charge is 2.40. The van der Waals surface area contributed by atoms with Gasteiger partial charge in [-0.05, 0) is 48.1 Å². The molecule has 176 valence electrons. The number of likely N-dealkylation sites (tertiary alicyclic amines) is 1. The molecule has 0 bridgehead atoms. The zero-order chi connectivity index (χ0) is 23.9. The maximum absolute atomic E-state index is 14.1. The molecule has 0 saturated carbocycles. The molecule has 0 spiro atoms. The Kier molecular flexibility index (Phi) is 6.14. The van der Waals surface area contributed by atoms with E-state index in [9.17, 15) is 23.1 Å². The number of fused-ring (bicyclic) bond motifs is 1. The van der Waals surface area contributed by atoms with Crippen LogP contribution in [-0.2, 0) is 12.7 Å². The molecule has 1 aliphatic heterocycles. The predicted molar refractivity (Wildman–Crippen MR) is 119 cm³/mol. The molecule has 1 fully saturated rings. The van der Waals surface area contributed by atoms with Crippen LogP contribution in [0.3, 0.4) is 0 Å². The number of rotatable bonds is 4. The first-order chi connectivity index (χ1) is 15.6. The first-order valence-electron chi connectivity index (χ1n) is 10.8. The summed E-state index contributed by atoms with van der Waals surface area (Å²) in [6.07, 6.45) is -3.84. The highest BCUT2D eigenvalue weighted by Crippen LogP contribution is 2.40. The first-order valence-corrected chi connectivity index (χ1v) is 10.8. The molecular weight excluding hydrogens is 435 g/mol. The molecule has 4 rings (SSSR count). The smallest absolute Gasteiger partial charge is 0.450 e. The third-order valence-electron chi connectivity index (χ3n) is 6.10. The van der Waals surface area contributed by atoms with Gasteiger partial charge in [-0.15, -0.1) is 0 Å². The third-order valence-corrected chi connectivity index (χ3v) is 6.10. The van der Waals surface area contributed by atoms with Gasteiger partial charge >= 0.3 is 6.18 Å². The molecule has 1 aromatic heterocycles. The molecule has 2 aromatic carbocycles. The lowest BCUT2D eigenvalue weighted by molar-refractivity contribution is -0.152. The lowest BCUT2D eigenvalue weighted by Gasteiger charge is -2.35. The lowest BCUT2D eigenvalue weighted by Crippen LogP contribution is -2.38. The average molecular weight is 461 g/mol. The minimum atomic E-state index is -4.90. The van der Waals surface area contributed by atoms with Crippen molar-refractivity contribution in [2.75, 3.05) is 20.2 Å². The van der Waals surface area contributed by atoms with Gasteiger partial charge in [0.15, 0.2) is 0 Å². The number of aromatic hydroxyl groups is 1. The van der Waals surface area contributed by atoms with Crippen molar-refractivity contribution in [3.05, 3.63) is 57.9 Å². The number of nitrogens with zero attached hydrogens (tertiary/aromatic N) is 1. The van der Waals surface area contributed by atoms with E-state index in [0.29, 0.717) is 17.6 Å². The summed E-state index contributed by atoms with van der Waals surface area (Å²) < 4.78 is 52.6. The molecule has 0 amide bonds. The standard InChI is InChI=1S/C25H26F3NO4/c1-14-10-15(2)12-29(11-14)13-19-20(30)9-8-18-22(31)21(16-4-6-17(32-3)7-5-16)24(25(26,27)28)33-23(18)19/h4-9,14-15,30H,10-13H2,1-3H3. The fourth-order valence-corrected chi connectivity index (χ4v) is 4.82. The van der Waals surface area contributed by atoms with Crippen molar-refractivity contribution in [2.24, 2.45) is 11.8 Å². The summed E-state index contributed by atoms with van der Waals surface area (Å²) in [5.41, 5.74) is -1.31. The number of hydrogen-bond donors (Lipinski definition) is 1. The third kappa shape index (κ3) is 4.57. The van der Waals surface area contributed by atoms with Gasteiger partial charge in [0.05, 0.1) is 23.6 Å². The molecule has 1 saturated heterocycles. The van der Waals surface area contributed by atoms with Crippen molar-refractivity contribution in [2.45, 2.75) is 33.0 Å². The van der Waals surface area contributed by atoms with E-state index in [0.717, 1.165) is 19.5 Å². The fraction of sp³-hybridized carbons (Fsp3) is 0.400. The Morgan fingerprint density at radius 1 is 1.09 bits per heavy atom. The monoisotopic (exact) mass is 461 g/mol. The average Bonchev–Trinajstić information content (AvgIpc) is 2.74. The molecule has 2 atom stereocenters. The Morgan fingerprint density at radius 2 is 1.73 bits per heavy atom. The van der Waals surface area contributed by atoms with E-state index in [4.69, 9.17) is 9.15 Å². The van der Waals surface area contributed by atoms with Crippen LogP contribution in [0.25, 0.3) is 22.1 Å². The maximum Gasteiger partial charge on any atom is 0.450 e. The quantitative estimate of drug-likeness (QED) is 0.542. The number of piperidine rings is 1. The van der Waals surface area contributed by atoms with Crippen LogP contribution in [0.15, 0.2) is 45.6 Å². The normalized spacial score (nSPS) is 19.7. The van der Waals surface area contributed by atoms with Gasteiger partial charge in [0, 0.05) is 19.6 Å². The molecule has 8 heteroatoms. The second-order valence-corrected chi connectivity index (χ2v) is 8.94. The summed E-state index contributed by atoms with van der Waals surface area (Å²) in [6.45, 7) is 5.93. The van der Waals surface area contributed by atoms with E-state index in [1.165, 1.54) is 43.5 Å². The van der Waals surface area contributed by atoms with E-state index < -0.39 is 22.9 Å². The summed E-state index contributed by atoms with van der Waals surface area (Å²) in [4.78, 5) is 15.4. The number of alkyl halides is 3. The Balaban J connectivity index is 1.91. The van der Waals surface area contributed by atoms with Crippen molar-refractivity contribution in [1.29, 1.82) is 0 Å². The number of phenolic OH excluding ortho intramolecular Hbond substituents is 1. The van der Waals surface area contributed by atoms with E-state index in [2.05, 4.69) is 18.7 Å². The number of benzene rings is 2. The predicted octanol–water partition coefficient (Wildman–Crippen LogP) is 5.67. The van der Waals surface area contributed by atoms with Crippen LogP contribution in [0.1, 0.15) is 31.6 Å². The van der Waals surface area contributed by atoms with Crippen LogP contribution < -0.4 is 10.2 Å². The van der Waals surface area contributed by atoms with Crippen molar-refractivity contribution >= 4 is 11.0 Å². The Morgan fingerprint density at radius 3 is 2.30 bits per heavy atom. The van der Waals surface area contributed by atoms with E-state index in [1.807, 2.05) is 0 Å². The number of halogens is 3. The highest BCUT2D eigenvalue weighted by atomic mass is 19.4. The molecule has 3 aromatic rings. The highest BCUT2D eigenvalue weighted by molar-refractivity contribution is 5.87. The Labute approximate surface area is 189 Å². The second kappa shape index (κ2) is 8.74. The van der Waals surface area contributed by atoms with Gasteiger partial charge in [0.2, 0.25) is 11.2 Å². The van der Waals surface area contributed by atoms with Gasteiger partial charge in [-0.25, -0.2) is 0 Å². The van der Waals surface area contributed by atoms with E-state index >= 15 is 0 Å². The van der Waals surface area contributed by atoms with Gasteiger partial charge in [-0.2, -0.15) is 13.2 Å². The number of methoxy groups -OCH3 is 1. The SMILES string of the molecule is COc1ccc(-c2c(C(F)(F)F)oc3c(CN4CC(C)CC(C)C4)c(O)ccc3c2=O)cc1. The van der Waals surface area contributed by atoms with Gasteiger partial charge < -0.3 is 14.3 Å². The molecular formula is C25H26F3NO4. The maximum atomic E-state index is 14.1. The van der Waals surface area contributed by atoms with Crippen LogP contribution in [-0.4, -0.2) is 30.2 Å². The summed E-state index contributed by atoms with van der Waals surface area (Å²) in [6, 6.07) is 8.42. The molecule has 5 nitrogen and oxygen atoms in total. The van der Waals surface area contributed by atoms with Crippen LogP contribution in [0, 0.1) is 11.8 Å².